The number of unbranched alkanes of at least 4 members (excludes halogenated alkanes) is 2. The van der Waals surface area contributed by atoms with Gasteiger partial charge in [0, 0.05) is 25.4 Å². The average Bonchev–Trinajstić information content (AvgIpc) is 3.00. The van der Waals surface area contributed by atoms with E-state index >= 15 is 0 Å². The summed E-state index contributed by atoms with van der Waals surface area (Å²) in [5.41, 5.74) is 1.23. The van der Waals surface area contributed by atoms with Crippen LogP contribution in [0.25, 0.3) is 0 Å². The summed E-state index contributed by atoms with van der Waals surface area (Å²) >= 11 is 1.54. The molecule has 120 valence electrons. The molecule has 0 aliphatic rings. The van der Waals surface area contributed by atoms with Gasteiger partial charge in [-0.3, -0.25) is 9.48 Å². The lowest BCUT2D eigenvalue weighted by atomic mass is 10.2. The number of amides is 1. The van der Waals surface area contributed by atoms with Gasteiger partial charge < -0.3 is 5.32 Å². The molecule has 0 aliphatic heterocycles. The van der Waals surface area contributed by atoms with Gasteiger partial charge in [-0.1, -0.05) is 6.92 Å². The highest BCUT2D eigenvalue weighted by atomic mass is 32.2. The van der Waals surface area contributed by atoms with Crippen molar-refractivity contribution in [3.8, 4) is 6.07 Å². The van der Waals surface area contributed by atoms with Crippen molar-refractivity contribution in [2.75, 3.05) is 11.1 Å². The lowest BCUT2D eigenvalue weighted by molar-refractivity contribution is 0.102. The number of thioether (sulfide) groups is 1. The van der Waals surface area contributed by atoms with Gasteiger partial charge in [0.1, 0.15) is 5.03 Å². The molecule has 2 aromatic heterocycles. The summed E-state index contributed by atoms with van der Waals surface area (Å²) < 4.78 is 1.78. The first-order chi connectivity index (χ1) is 11.2. The van der Waals surface area contributed by atoms with Crippen molar-refractivity contribution >= 4 is 23.4 Å². The van der Waals surface area contributed by atoms with Crippen molar-refractivity contribution < 1.29 is 4.79 Å². The van der Waals surface area contributed by atoms with E-state index in [1.807, 2.05) is 6.92 Å². The predicted octanol–water partition coefficient (Wildman–Crippen LogP) is 3.34. The number of nitrogens with one attached hydrogen (secondary N) is 1. The second kappa shape index (κ2) is 8.96. The highest BCUT2D eigenvalue weighted by Crippen LogP contribution is 2.20. The molecule has 0 saturated heterocycles. The summed E-state index contributed by atoms with van der Waals surface area (Å²) in [4.78, 5) is 16.6. The van der Waals surface area contributed by atoms with Gasteiger partial charge in [-0.2, -0.15) is 10.4 Å². The molecule has 2 aromatic rings. The van der Waals surface area contributed by atoms with Gasteiger partial charge in [0.25, 0.3) is 5.91 Å². The highest BCUT2D eigenvalue weighted by Gasteiger charge is 2.13. The summed E-state index contributed by atoms with van der Waals surface area (Å²) in [7, 11) is 0. The van der Waals surface area contributed by atoms with Crippen molar-refractivity contribution in [2.45, 2.75) is 37.8 Å². The zero-order valence-electron chi connectivity index (χ0n) is 13.0. The Hall–Kier alpha value is -2.33. The molecule has 0 aromatic carbocycles. The number of hydrogen-bond acceptors (Lipinski definition) is 5. The molecule has 2 heterocycles. The van der Waals surface area contributed by atoms with Crippen molar-refractivity contribution in [1.82, 2.24) is 14.8 Å². The largest absolute Gasteiger partial charge is 0.319 e. The maximum absolute atomic E-state index is 12.4. The Labute approximate surface area is 139 Å². The molecule has 0 atom stereocenters. The molecule has 23 heavy (non-hydrogen) atoms. The number of aromatic nitrogens is 3. The van der Waals surface area contributed by atoms with E-state index in [9.17, 15) is 4.79 Å². The SMILES string of the molecule is CCSc1ncccc1C(=O)Nc1cnn(CCCCC#N)c1. The zero-order valence-corrected chi connectivity index (χ0v) is 13.8. The fraction of sp³-hybridized carbons (Fsp3) is 0.375. The minimum atomic E-state index is -0.182. The van der Waals surface area contributed by atoms with Gasteiger partial charge in [-0.05, 0) is 30.7 Å². The standard InChI is InChI=1S/C16H19N5OS/c1-2-23-16-14(7-6-9-18-16)15(22)20-13-11-19-21(12-13)10-5-3-4-8-17/h6-7,9,11-12H,2-5,10H2,1H3,(H,20,22). The minimum absolute atomic E-state index is 0.182. The molecule has 6 nitrogen and oxygen atoms in total. The monoisotopic (exact) mass is 329 g/mol. The van der Waals surface area contributed by atoms with Crippen molar-refractivity contribution in [3.63, 3.8) is 0 Å². The van der Waals surface area contributed by atoms with E-state index in [0.717, 1.165) is 30.2 Å². The van der Waals surface area contributed by atoms with Crippen LogP contribution in [0.3, 0.4) is 0 Å². The molecule has 0 radical (unpaired) electrons. The molecular weight excluding hydrogens is 310 g/mol. The third-order valence-corrected chi connectivity index (χ3v) is 4.00. The predicted molar refractivity (Wildman–Crippen MR) is 90.3 cm³/mol. The molecule has 0 unspecified atom stereocenters. The first-order valence-corrected chi connectivity index (χ1v) is 8.51. The van der Waals surface area contributed by atoms with Gasteiger partial charge in [0.15, 0.2) is 0 Å². The maximum atomic E-state index is 12.4. The zero-order chi connectivity index (χ0) is 16.5. The first-order valence-electron chi connectivity index (χ1n) is 7.53. The Balaban J connectivity index is 1.96. The number of nitriles is 1. The second-order valence-corrected chi connectivity index (χ2v) is 6.10. The van der Waals surface area contributed by atoms with Crippen molar-refractivity contribution in [3.05, 3.63) is 36.3 Å². The lowest BCUT2D eigenvalue weighted by Crippen LogP contribution is -2.13. The lowest BCUT2D eigenvalue weighted by Gasteiger charge is -2.06. The molecule has 7 heteroatoms. The fourth-order valence-corrected chi connectivity index (χ4v) is 2.77. The Morgan fingerprint density at radius 1 is 1.48 bits per heavy atom. The molecule has 0 spiro atoms. The number of rotatable bonds is 8. The number of carbonyl (C=O) groups is 1. The number of hydrogen-bond donors (Lipinski definition) is 1. The van der Waals surface area contributed by atoms with Crippen LogP contribution in [0.1, 0.15) is 36.5 Å². The van der Waals surface area contributed by atoms with Gasteiger partial charge >= 0.3 is 0 Å². The molecule has 2 rings (SSSR count). The number of anilines is 1. The summed E-state index contributed by atoms with van der Waals surface area (Å²) in [5.74, 6) is 0.677. The van der Waals surface area contributed by atoms with Crippen molar-refractivity contribution in [1.29, 1.82) is 5.26 Å². The van der Waals surface area contributed by atoms with Crippen LogP contribution in [0.4, 0.5) is 5.69 Å². The van der Waals surface area contributed by atoms with Gasteiger partial charge in [-0.15, -0.1) is 11.8 Å². The average molecular weight is 329 g/mol. The number of carbonyl (C=O) groups excluding carboxylic acids is 1. The van der Waals surface area contributed by atoms with E-state index in [2.05, 4.69) is 21.5 Å². The molecule has 1 amide bonds. The van der Waals surface area contributed by atoms with Crippen LogP contribution < -0.4 is 5.32 Å². The smallest absolute Gasteiger partial charge is 0.258 e. The van der Waals surface area contributed by atoms with E-state index in [0.29, 0.717) is 17.7 Å². The first kappa shape index (κ1) is 17.0. The molecule has 1 N–H and O–H groups in total. The summed E-state index contributed by atoms with van der Waals surface area (Å²) in [5, 5.41) is 16.3. The van der Waals surface area contributed by atoms with Crippen LogP contribution in [0.5, 0.6) is 0 Å². The van der Waals surface area contributed by atoms with Gasteiger partial charge in [0.05, 0.1) is 23.5 Å². The third-order valence-electron chi connectivity index (χ3n) is 3.11. The molecule has 0 aliphatic carbocycles. The van der Waals surface area contributed by atoms with E-state index in [1.54, 1.807) is 47.2 Å². The Kier molecular flexibility index (Phi) is 6.63. The maximum Gasteiger partial charge on any atom is 0.258 e. The fourth-order valence-electron chi connectivity index (χ4n) is 2.04. The summed E-state index contributed by atoms with van der Waals surface area (Å²) in [6, 6.07) is 5.65. The third kappa shape index (κ3) is 5.11. The Bertz CT molecular complexity index is 692. The number of nitrogens with zero attached hydrogens (tertiary/aromatic N) is 4. The molecule has 0 saturated carbocycles. The highest BCUT2D eigenvalue weighted by molar-refractivity contribution is 7.99. The van der Waals surface area contributed by atoms with Crippen LogP contribution in [0.2, 0.25) is 0 Å². The van der Waals surface area contributed by atoms with E-state index in [4.69, 9.17) is 5.26 Å². The summed E-state index contributed by atoms with van der Waals surface area (Å²) in [6.45, 7) is 2.76. The van der Waals surface area contributed by atoms with Crippen LogP contribution in [0.15, 0.2) is 35.7 Å². The van der Waals surface area contributed by atoms with Crippen molar-refractivity contribution in [2.24, 2.45) is 0 Å². The van der Waals surface area contributed by atoms with E-state index in [1.165, 1.54) is 0 Å². The summed E-state index contributed by atoms with van der Waals surface area (Å²) in [6.07, 6.45) is 7.42. The molecular formula is C16H19N5OS. The normalized spacial score (nSPS) is 10.3. The minimum Gasteiger partial charge on any atom is -0.319 e. The second-order valence-electron chi connectivity index (χ2n) is 4.85. The quantitative estimate of drug-likeness (QED) is 0.593. The van der Waals surface area contributed by atoms with Crippen LogP contribution in [-0.4, -0.2) is 26.4 Å². The van der Waals surface area contributed by atoms with Crippen LogP contribution in [-0.2, 0) is 6.54 Å². The van der Waals surface area contributed by atoms with E-state index in [-0.39, 0.29) is 5.91 Å². The molecule has 0 bridgehead atoms. The Morgan fingerprint density at radius 2 is 2.35 bits per heavy atom. The van der Waals surface area contributed by atoms with Gasteiger partial charge in [0.2, 0.25) is 0 Å². The van der Waals surface area contributed by atoms with Crippen LogP contribution in [0, 0.1) is 11.3 Å². The molecule has 0 fully saturated rings. The number of pyridine rings is 1. The van der Waals surface area contributed by atoms with Gasteiger partial charge in [-0.25, -0.2) is 4.98 Å². The number of aryl methyl sites for hydroxylation is 1. The van der Waals surface area contributed by atoms with Crippen LogP contribution >= 0.6 is 11.8 Å². The Morgan fingerprint density at radius 3 is 3.13 bits per heavy atom. The van der Waals surface area contributed by atoms with E-state index < -0.39 is 0 Å². The topological polar surface area (TPSA) is 83.6 Å².